The second kappa shape index (κ2) is 9.05. The number of para-hydroxylation sites is 1. The summed E-state index contributed by atoms with van der Waals surface area (Å²) in [6.45, 7) is 2.94. The van der Waals surface area contributed by atoms with Crippen LogP contribution in [0.5, 0.6) is 5.75 Å². The van der Waals surface area contributed by atoms with Gasteiger partial charge in [0, 0.05) is 36.9 Å². The topological polar surface area (TPSA) is 44.8 Å². The lowest BCUT2D eigenvalue weighted by atomic mass is 9.90. The van der Waals surface area contributed by atoms with Crippen LogP contribution >= 0.6 is 0 Å². The molecule has 2 amide bonds. The van der Waals surface area contributed by atoms with Crippen molar-refractivity contribution in [2.24, 2.45) is 0 Å². The van der Waals surface area contributed by atoms with Crippen molar-refractivity contribution in [3.8, 4) is 5.75 Å². The van der Waals surface area contributed by atoms with Crippen molar-refractivity contribution in [3.05, 3.63) is 95.6 Å². The molecule has 1 fully saturated rings. The molecule has 1 atom stereocenters. The molecule has 2 aliphatic rings. The predicted molar refractivity (Wildman–Crippen MR) is 127 cm³/mol. The number of nitrogens with zero attached hydrogens (tertiary/aromatic N) is 2. The summed E-state index contributed by atoms with van der Waals surface area (Å²) in [6, 6.07) is 26.9. The molecule has 2 heterocycles. The number of likely N-dealkylation sites (tertiary alicyclic amines) is 1. The number of benzene rings is 3. The summed E-state index contributed by atoms with van der Waals surface area (Å²) >= 11 is 0. The maximum atomic E-state index is 13.3. The zero-order valence-electron chi connectivity index (χ0n) is 18.4. The van der Waals surface area contributed by atoms with Crippen LogP contribution in [0.2, 0.25) is 0 Å². The second-order valence-electron chi connectivity index (χ2n) is 8.59. The van der Waals surface area contributed by atoms with Gasteiger partial charge in [0.25, 0.3) is 0 Å². The standard InChI is InChI=1S/C27H29N3O2/c1-32-23-13-11-21(12-14-23)26-24-9-5-6-10-25(24)28-27(31)30(26)22-15-17-29(18-16-22)19-20-7-3-2-4-8-20/h2-14,22,26H,15-19H2,1H3,(H,28,31). The summed E-state index contributed by atoms with van der Waals surface area (Å²) < 4.78 is 5.35. The van der Waals surface area contributed by atoms with Crippen LogP contribution in [-0.2, 0) is 6.54 Å². The Labute approximate surface area is 189 Å². The van der Waals surface area contributed by atoms with E-state index in [-0.39, 0.29) is 18.1 Å². The van der Waals surface area contributed by atoms with Crippen LogP contribution in [0.15, 0.2) is 78.9 Å². The lowest BCUT2D eigenvalue weighted by Crippen LogP contribution is -2.52. The third-order valence-corrected chi connectivity index (χ3v) is 6.64. The summed E-state index contributed by atoms with van der Waals surface area (Å²) in [4.78, 5) is 17.9. The smallest absolute Gasteiger partial charge is 0.322 e. The Kier molecular flexibility index (Phi) is 5.82. The quantitative estimate of drug-likeness (QED) is 0.601. The van der Waals surface area contributed by atoms with Gasteiger partial charge in [0.05, 0.1) is 13.2 Å². The molecule has 1 unspecified atom stereocenters. The van der Waals surface area contributed by atoms with E-state index in [9.17, 15) is 4.79 Å². The fraction of sp³-hybridized carbons (Fsp3) is 0.296. The number of amides is 2. The zero-order valence-corrected chi connectivity index (χ0v) is 18.4. The van der Waals surface area contributed by atoms with E-state index in [2.05, 4.69) is 63.6 Å². The second-order valence-corrected chi connectivity index (χ2v) is 8.59. The summed E-state index contributed by atoms with van der Waals surface area (Å²) in [5, 5.41) is 3.13. The summed E-state index contributed by atoms with van der Waals surface area (Å²) in [5.74, 6) is 0.822. The zero-order chi connectivity index (χ0) is 21.9. The van der Waals surface area contributed by atoms with Crippen molar-refractivity contribution in [1.82, 2.24) is 9.80 Å². The lowest BCUT2D eigenvalue weighted by Gasteiger charge is -2.45. The molecule has 1 saturated heterocycles. The fourth-order valence-electron chi connectivity index (χ4n) is 5.00. The number of methoxy groups -OCH3 is 1. The van der Waals surface area contributed by atoms with Crippen molar-refractivity contribution < 1.29 is 9.53 Å². The molecule has 0 saturated carbocycles. The molecule has 32 heavy (non-hydrogen) atoms. The van der Waals surface area contributed by atoms with E-state index in [1.165, 1.54) is 5.56 Å². The minimum Gasteiger partial charge on any atom is -0.497 e. The van der Waals surface area contributed by atoms with Crippen LogP contribution in [-0.4, -0.2) is 42.1 Å². The van der Waals surface area contributed by atoms with Gasteiger partial charge in [-0.05, 0) is 42.2 Å². The Morgan fingerprint density at radius 2 is 1.59 bits per heavy atom. The average molecular weight is 428 g/mol. The van der Waals surface area contributed by atoms with E-state index in [4.69, 9.17) is 4.74 Å². The first kappa shape index (κ1) is 20.6. The first-order chi connectivity index (χ1) is 15.7. The van der Waals surface area contributed by atoms with Crippen LogP contribution in [0, 0.1) is 0 Å². The minimum absolute atomic E-state index is 0.00831. The van der Waals surface area contributed by atoms with Crippen LogP contribution in [0.4, 0.5) is 10.5 Å². The molecule has 0 aliphatic carbocycles. The van der Waals surface area contributed by atoms with Gasteiger partial charge in [0.15, 0.2) is 0 Å². The number of carbonyl (C=O) groups excluding carboxylic acids is 1. The summed E-state index contributed by atoms with van der Waals surface area (Å²) in [6.07, 6.45) is 1.93. The largest absolute Gasteiger partial charge is 0.497 e. The van der Waals surface area contributed by atoms with E-state index in [0.717, 1.165) is 55.0 Å². The lowest BCUT2D eigenvalue weighted by molar-refractivity contribution is 0.106. The average Bonchev–Trinajstić information content (AvgIpc) is 2.84. The van der Waals surface area contributed by atoms with Gasteiger partial charge < -0.3 is 15.0 Å². The van der Waals surface area contributed by atoms with Gasteiger partial charge in [-0.3, -0.25) is 4.90 Å². The highest BCUT2D eigenvalue weighted by Crippen LogP contribution is 2.40. The molecule has 1 N–H and O–H groups in total. The predicted octanol–water partition coefficient (Wildman–Crippen LogP) is 5.30. The molecule has 0 spiro atoms. The monoisotopic (exact) mass is 427 g/mol. The van der Waals surface area contributed by atoms with Crippen molar-refractivity contribution >= 4 is 11.7 Å². The van der Waals surface area contributed by atoms with Crippen LogP contribution in [0.25, 0.3) is 0 Å². The number of carbonyl (C=O) groups is 1. The third-order valence-electron chi connectivity index (χ3n) is 6.64. The van der Waals surface area contributed by atoms with Crippen molar-refractivity contribution in [2.45, 2.75) is 31.5 Å². The Hall–Kier alpha value is -3.31. The summed E-state index contributed by atoms with van der Waals surface area (Å²) in [7, 11) is 1.67. The third kappa shape index (κ3) is 4.08. The Balaban J connectivity index is 1.39. The number of urea groups is 1. The van der Waals surface area contributed by atoms with Crippen LogP contribution in [0.3, 0.4) is 0 Å². The van der Waals surface area contributed by atoms with Gasteiger partial charge in [0.2, 0.25) is 0 Å². The normalized spacial score (nSPS) is 19.3. The van der Waals surface area contributed by atoms with Gasteiger partial charge in [-0.2, -0.15) is 0 Å². The Bertz CT molecular complexity index is 1060. The molecule has 3 aromatic carbocycles. The van der Waals surface area contributed by atoms with Crippen LogP contribution in [0.1, 0.15) is 35.6 Å². The number of hydrogen-bond acceptors (Lipinski definition) is 3. The minimum atomic E-state index is -0.100. The van der Waals surface area contributed by atoms with E-state index in [0.29, 0.717) is 0 Å². The molecule has 164 valence electrons. The van der Waals surface area contributed by atoms with Crippen molar-refractivity contribution in [1.29, 1.82) is 0 Å². The highest BCUT2D eigenvalue weighted by Gasteiger charge is 2.39. The highest BCUT2D eigenvalue weighted by molar-refractivity contribution is 5.93. The van der Waals surface area contributed by atoms with Crippen molar-refractivity contribution in [3.63, 3.8) is 0 Å². The number of hydrogen-bond donors (Lipinski definition) is 1. The molecule has 0 aromatic heterocycles. The highest BCUT2D eigenvalue weighted by atomic mass is 16.5. The molecule has 0 radical (unpaired) electrons. The fourth-order valence-corrected chi connectivity index (χ4v) is 5.00. The molecule has 5 rings (SSSR count). The number of fused-ring (bicyclic) bond motifs is 1. The van der Waals surface area contributed by atoms with Gasteiger partial charge in [0.1, 0.15) is 5.75 Å². The molecule has 2 aliphatic heterocycles. The molecular formula is C27H29N3O2. The number of ether oxygens (including phenoxy) is 1. The maximum Gasteiger partial charge on any atom is 0.322 e. The molecule has 3 aromatic rings. The van der Waals surface area contributed by atoms with E-state index < -0.39 is 0 Å². The number of rotatable bonds is 5. The molecular weight excluding hydrogens is 398 g/mol. The molecule has 0 bridgehead atoms. The van der Waals surface area contributed by atoms with E-state index >= 15 is 0 Å². The van der Waals surface area contributed by atoms with Gasteiger partial charge in [-0.15, -0.1) is 0 Å². The Morgan fingerprint density at radius 3 is 2.31 bits per heavy atom. The van der Waals surface area contributed by atoms with E-state index in [1.807, 2.05) is 30.3 Å². The summed E-state index contributed by atoms with van der Waals surface area (Å²) in [5.41, 5.74) is 4.49. The van der Waals surface area contributed by atoms with Gasteiger partial charge in [-0.1, -0.05) is 60.7 Å². The first-order valence-electron chi connectivity index (χ1n) is 11.3. The molecule has 5 heteroatoms. The number of anilines is 1. The first-order valence-corrected chi connectivity index (χ1v) is 11.3. The van der Waals surface area contributed by atoms with Gasteiger partial charge >= 0.3 is 6.03 Å². The number of piperidine rings is 1. The van der Waals surface area contributed by atoms with Gasteiger partial charge in [-0.25, -0.2) is 4.79 Å². The number of nitrogens with one attached hydrogen (secondary N) is 1. The molecule has 5 nitrogen and oxygen atoms in total. The van der Waals surface area contributed by atoms with E-state index in [1.54, 1.807) is 7.11 Å². The Morgan fingerprint density at radius 1 is 0.906 bits per heavy atom. The maximum absolute atomic E-state index is 13.3. The van der Waals surface area contributed by atoms with Crippen molar-refractivity contribution in [2.75, 3.05) is 25.5 Å². The van der Waals surface area contributed by atoms with Crippen LogP contribution < -0.4 is 10.1 Å². The SMILES string of the molecule is COc1ccc(C2c3ccccc3NC(=O)N2C2CCN(Cc3ccccc3)CC2)cc1.